The minimum absolute atomic E-state index is 0.0256. The number of rotatable bonds is 6. The zero-order valence-corrected chi connectivity index (χ0v) is 10.2. The molecule has 0 aromatic carbocycles. The van der Waals surface area contributed by atoms with Gasteiger partial charge in [-0.25, -0.2) is 13.1 Å². The third kappa shape index (κ3) is 3.73. The fraction of sp³-hybridized carbons (Fsp3) is 0.889. The number of hydrogen-bond donors (Lipinski definition) is 2. The Balaban J connectivity index is 2.42. The summed E-state index contributed by atoms with van der Waals surface area (Å²) in [6, 6.07) is 0. The molecule has 0 aromatic heterocycles. The van der Waals surface area contributed by atoms with Crippen LogP contribution in [0, 0.1) is 5.92 Å². The molecule has 0 spiro atoms. The summed E-state index contributed by atoms with van der Waals surface area (Å²) in [5, 5.41) is 8.90. The van der Waals surface area contributed by atoms with E-state index in [9.17, 15) is 13.2 Å². The minimum Gasteiger partial charge on any atom is -0.396 e. The molecule has 2 N–H and O–H groups in total. The van der Waals surface area contributed by atoms with Crippen molar-refractivity contribution in [2.75, 3.05) is 32.0 Å². The van der Waals surface area contributed by atoms with Crippen LogP contribution in [-0.2, 0) is 14.8 Å². The van der Waals surface area contributed by atoms with Gasteiger partial charge in [-0.15, -0.1) is 0 Å². The fourth-order valence-electron chi connectivity index (χ4n) is 1.71. The van der Waals surface area contributed by atoms with Crippen LogP contribution in [0.2, 0.25) is 0 Å². The number of likely N-dealkylation sites (tertiary alicyclic amines) is 1. The molecule has 0 aromatic rings. The van der Waals surface area contributed by atoms with Crippen LogP contribution in [0.1, 0.15) is 13.3 Å². The highest BCUT2D eigenvalue weighted by Crippen LogP contribution is 2.16. The number of carbonyl (C=O) groups excluding carboxylic acids is 1. The summed E-state index contributed by atoms with van der Waals surface area (Å²) in [6.07, 6.45) is 0.317. The first-order valence-electron chi connectivity index (χ1n) is 5.34. The number of nitrogens with one attached hydrogen (secondary N) is 1. The van der Waals surface area contributed by atoms with Gasteiger partial charge in [0.05, 0.1) is 5.75 Å². The van der Waals surface area contributed by atoms with E-state index in [2.05, 4.69) is 4.72 Å². The Morgan fingerprint density at radius 2 is 2.25 bits per heavy atom. The molecule has 0 radical (unpaired) electrons. The monoisotopic (exact) mass is 250 g/mol. The molecule has 94 valence electrons. The molecule has 1 unspecified atom stereocenters. The quantitative estimate of drug-likeness (QED) is 0.618. The number of nitrogens with zero attached hydrogens (tertiary/aromatic N) is 1. The lowest BCUT2D eigenvalue weighted by Gasteiger charge is -2.16. The first-order chi connectivity index (χ1) is 7.48. The molecule has 0 saturated carbocycles. The lowest BCUT2D eigenvalue weighted by atomic mass is 10.1. The molecule has 1 saturated heterocycles. The van der Waals surface area contributed by atoms with E-state index in [-0.39, 0.29) is 30.7 Å². The van der Waals surface area contributed by atoms with Crippen molar-refractivity contribution in [2.24, 2.45) is 5.92 Å². The van der Waals surface area contributed by atoms with Crippen LogP contribution in [0.4, 0.5) is 0 Å². The predicted molar refractivity (Wildman–Crippen MR) is 59.2 cm³/mol. The Morgan fingerprint density at radius 1 is 1.56 bits per heavy atom. The molecule has 16 heavy (non-hydrogen) atoms. The van der Waals surface area contributed by atoms with E-state index in [1.54, 1.807) is 6.92 Å². The molecule has 1 atom stereocenters. The molecule has 7 heteroatoms. The van der Waals surface area contributed by atoms with Crippen LogP contribution in [0.15, 0.2) is 0 Å². The summed E-state index contributed by atoms with van der Waals surface area (Å²) < 4.78 is 25.1. The molecule has 0 aliphatic carbocycles. The molecule has 1 aliphatic heterocycles. The molecule has 6 nitrogen and oxygen atoms in total. The number of carbonyl (C=O) groups is 1. The normalized spacial score (nSPS) is 21.8. The Labute approximate surface area is 95.7 Å². The zero-order chi connectivity index (χ0) is 12.2. The highest BCUT2D eigenvalue weighted by atomic mass is 32.2. The van der Waals surface area contributed by atoms with Gasteiger partial charge >= 0.3 is 0 Å². The molecular weight excluding hydrogens is 232 g/mol. The summed E-state index contributed by atoms with van der Waals surface area (Å²) in [6.45, 7) is 2.69. The predicted octanol–water partition coefficient (Wildman–Crippen LogP) is -1.23. The first kappa shape index (κ1) is 13.4. The van der Waals surface area contributed by atoms with Gasteiger partial charge in [0.1, 0.15) is 0 Å². The number of aliphatic hydroxyl groups is 1. The van der Waals surface area contributed by atoms with E-state index in [4.69, 9.17) is 5.11 Å². The van der Waals surface area contributed by atoms with Crippen molar-refractivity contribution in [2.45, 2.75) is 13.3 Å². The van der Waals surface area contributed by atoms with Crippen molar-refractivity contribution in [3.8, 4) is 0 Å². The van der Waals surface area contributed by atoms with E-state index in [0.717, 1.165) is 0 Å². The van der Waals surface area contributed by atoms with Gasteiger partial charge in [-0.05, 0) is 0 Å². The smallest absolute Gasteiger partial charge is 0.223 e. The SMILES string of the molecule is CCNS(=O)(=O)CCN1CC(CO)CC1=O. The van der Waals surface area contributed by atoms with E-state index in [1.165, 1.54) is 4.90 Å². The van der Waals surface area contributed by atoms with Crippen LogP contribution in [-0.4, -0.2) is 56.3 Å². The van der Waals surface area contributed by atoms with Gasteiger partial charge in [-0.2, -0.15) is 0 Å². The largest absolute Gasteiger partial charge is 0.396 e. The van der Waals surface area contributed by atoms with Gasteiger partial charge in [0.2, 0.25) is 15.9 Å². The van der Waals surface area contributed by atoms with Gasteiger partial charge in [-0.3, -0.25) is 4.79 Å². The van der Waals surface area contributed by atoms with Crippen molar-refractivity contribution in [3.05, 3.63) is 0 Å². The topological polar surface area (TPSA) is 86.7 Å². The van der Waals surface area contributed by atoms with Gasteiger partial charge in [0.25, 0.3) is 0 Å². The number of aliphatic hydroxyl groups excluding tert-OH is 1. The molecule has 1 amide bonds. The number of amides is 1. The zero-order valence-electron chi connectivity index (χ0n) is 9.35. The molecule has 0 bridgehead atoms. The maximum atomic E-state index is 11.4. The van der Waals surface area contributed by atoms with Crippen LogP contribution < -0.4 is 4.72 Å². The van der Waals surface area contributed by atoms with Crippen LogP contribution in [0.25, 0.3) is 0 Å². The Bertz CT molecular complexity index is 341. The third-order valence-corrected chi connectivity index (χ3v) is 4.00. The number of sulfonamides is 1. The van der Waals surface area contributed by atoms with Crippen LogP contribution in [0.5, 0.6) is 0 Å². The standard InChI is InChI=1S/C9H18N2O4S/c1-2-10-16(14,15)4-3-11-6-8(7-12)5-9(11)13/h8,10,12H,2-7H2,1H3. The molecule has 1 aliphatic rings. The maximum absolute atomic E-state index is 11.4. The van der Waals surface area contributed by atoms with Crippen molar-refractivity contribution in [1.82, 2.24) is 9.62 Å². The lowest BCUT2D eigenvalue weighted by molar-refractivity contribution is -0.127. The summed E-state index contributed by atoms with van der Waals surface area (Å²) >= 11 is 0. The van der Waals surface area contributed by atoms with E-state index in [1.807, 2.05) is 0 Å². The maximum Gasteiger partial charge on any atom is 0.223 e. The van der Waals surface area contributed by atoms with E-state index >= 15 is 0 Å². The fourth-order valence-corrected chi connectivity index (χ4v) is 2.76. The average Bonchev–Trinajstić information content (AvgIpc) is 2.56. The van der Waals surface area contributed by atoms with Crippen molar-refractivity contribution in [1.29, 1.82) is 0 Å². The van der Waals surface area contributed by atoms with Crippen molar-refractivity contribution in [3.63, 3.8) is 0 Å². The van der Waals surface area contributed by atoms with Gasteiger partial charge in [-0.1, -0.05) is 6.92 Å². The van der Waals surface area contributed by atoms with Gasteiger partial charge in [0, 0.05) is 38.6 Å². The number of hydrogen-bond acceptors (Lipinski definition) is 4. The first-order valence-corrected chi connectivity index (χ1v) is 6.99. The highest BCUT2D eigenvalue weighted by Gasteiger charge is 2.29. The Kier molecular flexibility index (Phi) is 4.69. The summed E-state index contributed by atoms with van der Waals surface area (Å²) in [5.74, 6) is -0.204. The van der Waals surface area contributed by atoms with Crippen molar-refractivity contribution < 1.29 is 18.3 Å². The lowest BCUT2D eigenvalue weighted by Crippen LogP contribution is -2.35. The third-order valence-electron chi connectivity index (χ3n) is 2.55. The van der Waals surface area contributed by atoms with Gasteiger partial charge in [0.15, 0.2) is 0 Å². The molecule has 1 fully saturated rings. The second kappa shape index (κ2) is 5.60. The van der Waals surface area contributed by atoms with E-state index in [0.29, 0.717) is 19.5 Å². The Morgan fingerprint density at radius 3 is 2.75 bits per heavy atom. The summed E-state index contributed by atoms with van der Waals surface area (Å²) in [7, 11) is -3.27. The molecule has 1 rings (SSSR count). The van der Waals surface area contributed by atoms with Crippen molar-refractivity contribution >= 4 is 15.9 Å². The molecule has 1 heterocycles. The summed E-state index contributed by atoms with van der Waals surface area (Å²) in [5.41, 5.74) is 0. The van der Waals surface area contributed by atoms with Crippen LogP contribution in [0.3, 0.4) is 0 Å². The van der Waals surface area contributed by atoms with Crippen LogP contribution >= 0.6 is 0 Å². The highest BCUT2D eigenvalue weighted by molar-refractivity contribution is 7.89. The molecular formula is C9H18N2O4S. The minimum atomic E-state index is -3.27. The Hall–Kier alpha value is -0.660. The van der Waals surface area contributed by atoms with E-state index < -0.39 is 10.0 Å². The second-order valence-corrected chi connectivity index (χ2v) is 5.84. The average molecular weight is 250 g/mol. The summed E-state index contributed by atoms with van der Waals surface area (Å²) in [4.78, 5) is 12.9. The second-order valence-electron chi connectivity index (χ2n) is 3.91. The van der Waals surface area contributed by atoms with Gasteiger partial charge < -0.3 is 10.0 Å².